The van der Waals surface area contributed by atoms with Gasteiger partial charge in [-0.05, 0) is 72.3 Å². The third-order valence-corrected chi connectivity index (χ3v) is 7.79. The molecule has 0 aromatic heterocycles. The minimum absolute atomic E-state index is 0.0312. The number of halogens is 1. The van der Waals surface area contributed by atoms with Crippen LogP contribution in [0.5, 0.6) is 0 Å². The molecule has 0 heterocycles. The van der Waals surface area contributed by atoms with Crippen LogP contribution in [0, 0.1) is 34.5 Å². The van der Waals surface area contributed by atoms with Gasteiger partial charge in [-0.25, -0.2) is 4.39 Å². The highest BCUT2D eigenvalue weighted by molar-refractivity contribution is 5.28. The number of fused-ring (bicyclic) bond motifs is 5. The van der Waals surface area contributed by atoms with Gasteiger partial charge in [0.1, 0.15) is 11.9 Å². The molecule has 0 bridgehead atoms. The Morgan fingerprint density at radius 3 is 2.65 bits per heavy atom. The SMILES string of the molecule is C[C@]12CC[C@H]3[C@@H]([C@@H](O)CC4C=C(O)C=C[C@@]43C)[C@@H]1C[C@@H](F)[C@@H]2O. The molecule has 0 amide bonds. The average Bonchev–Trinajstić information content (AvgIpc) is 2.73. The fourth-order valence-corrected chi connectivity index (χ4v) is 6.37. The van der Waals surface area contributed by atoms with Crippen molar-refractivity contribution in [1.82, 2.24) is 0 Å². The molecule has 0 saturated heterocycles. The van der Waals surface area contributed by atoms with E-state index in [1.54, 1.807) is 6.08 Å². The zero-order valence-corrected chi connectivity index (χ0v) is 13.8. The predicted octanol–water partition coefficient (Wildman–Crippen LogP) is 3.14. The minimum Gasteiger partial charge on any atom is -0.508 e. The molecule has 3 saturated carbocycles. The van der Waals surface area contributed by atoms with E-state index in [0.29, 0.717) is 12.8 Å². The highest BCUT2D eigenvalue weighted by Gasteiger charge is 2.63. The number of allylic oxidation sites excluding steroid dienone is 3. The predicted molar refractivity (Wildman–Crippen MR) is 85.4 cm³/mol. The van der Waals surface area contributed by atoms with Gasteiger partial charge in [0.2, 0.25) is 0 Å². The van der Waals surface area contributed by atoms with Crippen LogP contribution in [0.2, 0.25) is 0 Å². The lowest BCUT2D eigenvalue weighted by Gasteiger charge is -2.59. The molecule has 128 valence electrons. The highest BCUT2D eigenvalue weighted by Crippen LogP contribution is 2.65. The first-order valence-electron chi connectivity index (χ1n) is 8.87. The molecule has 0 aromatic carbocycles. The second kappa shape index (κ2) is 4.82. The van der Waals surface area contributed by atoms with E-state index in [0.717, 1.165) is 12.8 Å². The van der Waals surface area contributed by atoms with Crippen LogP contribution in [-0.4, -0.2) is 33.7 Å². The van der Waals surface area contributed by atoms with Crippen molar-refractivity contribution in [2.75, 3.05) is 0 Å². The molecule has 4 aliphatic rings. The number of aliphatic hydroxyl groups is 3. The van der Waals surface area contributed by atoms with Gasteiger partial charge < -0.3 is 15.3 Å². The Morgan fingerprint density at radius 1 is 1.17 bits per heavy atom. The summed E-state index contributed by atoms with van der Waals surface area (Å²) in [6.45, 7) is 4.21. The first-order valence-corrected chi connectivity index (χ1v) is 8.87. The van der Waals surface area contributed by atoms with Crippen molar-refractivity contribution in [3.63, 3.8) is 0 Å². The molecule has 3 nitrogen and oxygen atoms in total. The fraction of sp³-hybridized carbons (Fsp3) is 0.789. The van der Waals surface area contributed by atoms with Crippen LogP contribution in [-0.2, 0) is 0 Å². The van der Waals surface area contributed by atoms with Crippen LogP contribution in [0.3, 0.4) is 0 Å². The highest BCUT2D eigenvalue weighted by atomic mass is 19.1. The van der Waals surface area contributed by atoms with Crippen molar-refractivity contribution in [3.05, 3.63) is 24.0 Å². The van der Waals surface area contributed by atoms with E-state index in [1.807, 2.05) is 13.0 Å². The van der Waals surface area contributed by atoms with Crippen molar-refractivity contribution in [1.29, 1.82) is 0 Å². The lowest BCUT2D eigenvalue weighted by Crippen LogP contribution is -2.57. The third-order valence-electron chi connectivity index (χ3n) is 7.79. The van der Waals surface area contributed by atoms with Gasteiger partial charge in [0.05, 0.1) is 12.2 Å². The number of alkyl halides is 1. The van der Waals surface area contributed by atoms with Crippen LogP contribution in [0.1, 0.15) is 39.5 Å². The van der Waals surface area contributed by atoms with Crippen molar-refractivity contribution >= 4 is 0 Å². The lowest BCUT2D eigenvalue weighted by molar-refractivity contribution is -0.138. The first-order chi connectivity index (χ1) is 10.8. The summed E-state index contributed by atoms with van der Waals surface area (Å²) in [6, 6.07) is 0. The standard InChI is InChI=1S/C19H27FO3/c1-18-5-3-11(21)7-10(18)8-15(22)16-12(18)4-6-19(2)13(16)9-14(20)17(19)23/h3,5,7,10,12-17,21-23H,4,6,8-9H2,1-2H3/t10?,12-,13-,14+,15-,16+,17-,18-,19-/m0/s1. The maximum absolute atomic E-state index is 14.2. The Labute approximate surface area is 136 Å². The number of hydrogen-bond acceptors (Lipinski definition) is 3. The molecule has 0 spiro atoms. The molecule has 3 N–H and O–H groups in total. The number of hydrogen-bond donors (Lipinski definition) is 3. The first kappa shape index (κ1) is 15.6. The van der Waals surface area contributed by atoms with Crippen LogP contribution in [0.15, 0.2) is 24.0 Å². The van der Waals surface area contributed by atoms with Crippen LogP contribution < -0.4 is 0 Å². The Bertz CT molecular complexity index is 573. The minimum atomic E-state index is -1.17. The summed E-state index contributed by atoms with van der Waals surface area (Å²) in [5.41, 5.74) is -0.516. The molecule has 1 unspecified atom stereocenters. The van der Waals surface area contributed by atoms with Crippen molar-refractivity contribution in [3.8, 4) is 0 Å². The Kier molecular flexibility index (Phi) is 3.28. The van der Waals surface area contributed by atoms with Gasteiger partial charge in [-0.3, -0.25) is 0 Å². The van der Waals surface area contributed by atoms with Gasteiger partial charge in [0.15, 0.2) is 0 Å². The molecular formula is C19H27FO3. The summed E-state index contributed by atoms with van der Waals surface area (Å²) in [6.07, 6.45) is 5.82. The Hall–Kier alpha value is -0.870. The summed E-state index contributed by atoms with van der Waals surface area (Å²) in [5, 5.41) is 31.0. The molecule has 0 aliphatic heterocycles. The molecule has 23 heavy (non-hydrogen) atoms. The summed E-state index contributed by atoms with van der Waals surface area (Å²) >= 11 is 0. The van der Waals surface area contributed by atoms with Crippen LogP contribution >= 0.6 is 0 Å². The van der Waals surface area contributed by atoms with Gasteiger partial charge in [-0.2, -0.15) is 0 Å². The van der Waals surface area contributed by atoms with Crippen LogP contribution in [0.25, 0.3) is 0 Å². The maximum atomic E-state index is 14.2. The Balaban J connectivity index is 1.73. The van der Waals surface area contributed by atoms with E-state index in [9.17, 15) is 19.7 Å². The van der Waals surface area contributed by atoms with Gasteiger partial charge in [-0.1, -0.05) is 19.9 Å². The Morgan fingerprint density at radius 2 is 1.91 bits per heavy atom. The third kappa shape index (κ3) is 1.94. The van der Waals surface area contributed by atoms with Gasteiger partial charge in [-0.15, -0.1) is 0 Å². The molecule has 4 rings (SSSR count). The molecule has 4 aliphatic carbocycles. The van der Waals surface area contributed by atoms with Gasteiger partial charge in [0, 0.05) is 0 Å². The summed E-state index contributed by atoms with van der Waals surface area (Å²) < 4.78 is 14.2. The van der Waals surface area contributed by atoms with E-state index in [1.165, 1.54) is 0 Å². The normalized spacial score (nSPS) is 58.1. The molecule has 9 atom stereocenters. The summed E-state index contributed by atoms with van der Waals surface area (Å²) in [5.74, 6) is 0.738. The van der Waals surface area contributed by atoms with Crippen LogP contribution in [0.4, 0.5) is 4.39 Å². The molecule has 0 aromatic rings. The summed E-state index contributed by atoms with van der Waals surface area (Å²) in [7, 11) is 0. The number of aliphatic hydroxyl groups excluding tert-OH is 3. The van der Waals surface area contributed by atoms with Crippen molar-refractivity contribution in [2.24, 2.45) is 34.5 Å². The lowest BCUT2D eigenvalue weighted by atomic mass is 9.46. The fourth-order valence-electron chi connectivity index (χ4n) is 6.37. The van der Waals surface area contributed by atoms with Crippen molar-refractivity contribution < 1.29 is 19.7 Å². The smallest absolute Gasteiger partial charge is 0.127 e. The van der Waals surface area contributed by atoms with E-state index >= 15 is 0 Å². The average molecular weight is 322 g/mol. The zero-order chi connectivity index (χ0) is 16.6. The van der Waals surface area contributed by atoms with Gasteiger partial charge in [0.25, 0.3) is 0 Å². The molecule has 3 fully saturated rings. The molecule has 4 heteroatoms. The van der Waals surface area contributed by atoms with Crippen molar-refractivity contribution in [2.45, 2.75) is 57.9 Å². The molecular weight excluding hydrogens is 295 g/mol. The van der Waals surface area contributed by atoms with Gasteiger partial charge >= 0.3 is 0 Å². The van der Waals surface area contributed by atoms with E-state index in [4.69, 9.17) is 0 Å². The summed E-state index contributed by atoms with van der Waals surface area (Å²) in [4.78, 5) is 0. The second-order valence-corrected chi connectivity index (χ2v) is 8.73. The monoisotopic (exact) mass is 322 g/mol. The zero-order valence-electron chi connectivity index (χ0n) is 13.8. The largest absolute Gasteiger partial charge is 0.508 e. The van der Waals surface area contributed by atoms with E-state index in [-0.39, 0.29) is 34.8 Å². The van der Waals surface area contributed by atoms with E-state index in [2.05, 4.69) is 13.0 Å². The molecule has 0 radical (unpaired) electrons. The maximum Gasteiger partial charge on any atom is 0.127 e. The topological polar surface area (TPSA) is 60.7 Å². The number of rotatable bonds is 0. The quantitative estimate of drug-likeness (QED) is 0.642. The van der Waals surface area contributed by atoms with E-state index < -0.39 is 23.8 Å². The second-order valence-electron chi connectivity index (χ2n) is 8.73.